The maximum atomic E-state index is 6.35. The number of rotatable bonds is 3. The van der Waals surface area contributed by atoms with Gasteiger partial charge in [-0.15, -0.1) is 0 Å². The van der Waals surface area contributed by atoms with Gasteiger partial charge in [0.2, 0.25) is 0 Å². The number of anilines is 3. The van der Waals surface area contributed by atoms with E-state index in [-0.39, 0.29) is 0 Å². The molecule has 168 valence electrons. The standard InChI is InChI=1S/C34H21NO/c1-3-10-23(11-4-1)35(24-12-5-2-6-13-24)25-18-19-26-27-14-7-9-22-17-20-31-34(32(22)27)33-28(29(26)21-25)15-8-16-30(33)36-31/h1-21H. The fourth-order valence-electron chi connectivity index (χ4n) is 5.87. The van der Waals surface area contributed by atoms with Crippen molar-refractivity contribution in [2.45, 2.75) is 0 Å². The van der Waals surface area contributed by atoms with Gasteiger partial charge in [-0.05, 0) is 76.2 Å². The number of hydrogen-bond donors (Lipinski definition) is 0. The molecule has 0 fully saturated rings. The van der Waals surface area contributed by atoms with Crippen LogP contribution in [0.1, 0.15) is 0 Å². The molecule has 0 N–H and O–H groups in total. The van der Waals surface area contributed by atoms with E-state index < -0.39 is 0 Å². The maximum Gasteiger partial charge on any atom is 0.136 e. The van der Waals surface area contributed by atoms with E-state index >= 15 is 0 Å². The molecule has 2 nitrogen and oxygen atoms in total. The molecule has 36 heavy (non-hydrogen) atoms. The highest BCUT2D eigenvalue weighted by molar-refractivity contribution is 6.28. The van der Waals surface area contributed by atoms with Crippen LogP contribution in [0.3, 0.4) is 0 Å². The molecule has 0 amide bonds. The monoisotopic (exact) mass is 459 g/mol. The number of para-hydroxylation sites is 2. The quantitative estimate of drug-likeness (QED) is 0.261. The molecular weight excluding hydrogens is 438 g/mol. The molecule has 0 radical (unpaired) electrons. The second kappa shape index (κ2) is 7.34. The van der Waals surface area contributed by atoms with Gasteiger partial charge in [0.05, 0.1) is 0 Å². The molecule has 7 aromatic rings. The number of fused-ring (bicyclic) bond motifs is 3. The fraction of sp³-hybridized carbons (Fsp3) is 0. The van der Waals surface area contributed by atoms with Gasteiger partial charge < -0.3 is 9.32 Å². The third-order valence-electron chi connectivity index (χ3n) is 7.37. The first kappa shape index (κ1) is 19.5. The van der Waals surface area contributed by atoms with Gasteiger partial charge in [-0.2, -0.15) is 0 Å². The molecule has 2 heteroatoms. The Balaban J connectivity index is 1.48. The van der Waals surface area contributed by atoms with Gasteiger partial charge in [-0.25, -0.2) is 0 Å². The summed E-state index contributed by atoms with van der Waals surface area (Å²) in [7, 11) is 0. The van der Waals surface area contributed by atoms with Crippen molar-refractivity contribution in [3.63, 3.8) is 0 Å². The normalized spacial score (nSPS) is 11.9. The van der Waals surface area contributed by atoms with Crippen LogP contribution in [0.25, 0.3) is 55.0 Å². The van der Waals surface area contributed by atoms with Crippen LogP contribution in [0, 0.1) is 0 Å². The second-order valence-corrected chi connectivity index (χ2v) is 9.36. The molecular formula is C34H21NO. The SMILES string of the molecule is c1ccc(N(c2ccccc2)c2ccc3c(c2)-c2cccc4oc5ccc6cccc-3c6c5c24)cc1. The van der Waals surface area contributed by atoms with E-state index in [1.165, 1.54) is 43.8 Å². The molecule has 0 saturated carbocycles. The van der Waals surface area contributed by atoms with E-state index in [9.17, 15) is 0 Å². The smallest absolute Gasteiger partial charge is 0.136 e. The van der Waals surface area contributed by atoms with Crippen LogP contribution in [0.2, 0.25) is 0 Å². The minimum atomic E-state index is 0.936. The van der Waals surface area contributed by atoms with Gasteiger partial charge in [0.1, 0.15) is 11.2 Å². The molecule has 1 aliphatic carbocycles. The van der Waals surface area contributed by atoms with Crippen LogP contribution in [0.15, 0.2) is 132 Å². The molecule has 0 atom stereocenters. The minimum absolute atomic E-state index is 0.936. The molecule has 0 spiro atoms. The fourth-order valence-corrected chi connectivity index (χ4v) is 5.87. The summed E-state index contributed by atoms with van der Waals surface area (Å²) < 4.78 is 6.35. The molecule has 0 bridgehead atoms. The van der Waals surface area contributed by atoms with Gasteiger partial charge >= 0.3 is 0 Å². The van der Waals surface area contributed by atoms with E-state index in [2.05, 4.69) is 132 Å². The predicted molar refractivity (Wildman–Crippen MR) is 150 cm³/mol. The third kappa shape index (κ3) is 2.67. The highest BCUT2D eigenvalue weighted by atomic mass is 16.3. The zero-order valence-corrected chi connectivity index (χ0v) is 19.5. The van der Waals surface area contributed by atoms with Crippen LogP contribution in [-0.4, -0.2) is 0 Å². The zero-order chi connectivity index (χ0) is 23.6. The Morgan fingerprint density at radius 3 is 1.81 bits per heavy atom. The first-order chi connectivity index (χ1) is 17.9. The van der Waals surface area contributed by atoms with Crippen molar-refractivity contribution in [3.8, 4) is 22.3 Å². The van der Waals surface area contributed by atoms with Crippen LogP contribution < -0.4 is 4.90 Å². The highest BCUT2D eigenvalue weighted by Crippen LogP contribution is 2.50. The summed E-state index contributed by atoms with van der Waals surface area (Å²) >= 11 is 0. The summed E-state index contributed by atoms with van der Waals surface area (Å²) in [6.45, 7) is 0. The zero-order valence-electron chi connectivity index (χ0n) is 19.5. The van der Waals surface area contributed by atoms with Gasteiger partial charge in [0.25, 0.3) is 0 Å². The number of hydrogen-bond acceptors (Lipinski definition) is 2. The molecule has 1 heterocycles. The topological polar surface area (TPSA) is 16.4 Å². The third-order valence-corrected chi connectivity index (χ3v) is 7.37. The average Bonchev–Trinajstić information content (AvgIpc) is 3.27. The summed E-state index contributed by atoms with van der Waals surface area (Å²) in [6, 6.07) is 45.3. The molecule has 8 rings (SSSR count). The van der Waals surface area contributed by atoms with E-state index in [1.54, 1.807) is 0 Å². The molecule has 0 unspecified atom stereocenters. The van der Waals surface area contributed by atoms with Crippen molar-refractivity contribution < 1.29 is 4.42 Å². The van der Waals surface area contributed by atoms with E-state index in [4.69, 9.17) is 4.42 Å². The van der Waals surface area contributed by atoms with Crippen molar-refractivity contribution in [3.05, 3.63) is 127 Å². The lowest BCUT2D eigenvalue weighted by molar-refractivity contribution is 0.669. The Bertz CT molecular complexity index is 1890. The lowest BCUT2D eigenvalue weighted by Gasteiger charge is -2.26. The van der Waals surface area contributed by atoms with Gasteiger partial charge in [0.15, 0.2) is 0 Å². The summed E-state index contributed by atoms with van der Waals surface area (Å²) in [4.78, 5) is 2.32. The average molecular weight is 460 g/mol. The van der Waals surface area contributed by atoms with Gasteiger partial charge in [0, 0.05) is 33.2 Å². The van der Waals surface area contributed by atoms with Gasteiger partial charge in [-0.3, -0.25) is 0 Å². The van der Waals surface area contributed by atoms with Crippen molar-refractivity contribution in [2.24, 2.45) is 0 Å². The van der Waals surface area contributed by atoms with Crippen LogP contribution >= 0.6 is 0 Å². The molecule has 6 aromatic carbocycles. The largest absolute Gasteiger partial charge is 0.456 e. The van der Waals surface area contributed by atoms with Crippen molar-refractivity contribution in [1.82, 2.24) is 0 Å². The van der Waals surface area contributed by atoms with E-state index in [0.29, 0.717) is 0 Å². The maximum absolute atomic E-state index is 6.35. The molecule has 0 saturated heterocycles. The Hall–Kier alpha value is -4.82. The predicted octanol–water partition coefficient (Wildman–Crippen LogP) is 9.86. The summed E-state index contributed by atoms with van der Waals surface area (Å²) in [6.07, 6.45) is 0. The number of benzene rings is 6. The first-order valence-corrected chi connectivity index (χ1v) is 12.3. The Morgan fingerprint density at radius 1 is 0.389 bits per heavy atom. The molecule has 0 aliphatic heterocycles. The summed E-state index contributed by atoms with van der Waals surface area (Å²) in [5.41, 5.74) is 10.2. The lowest BCUT2D eigenvalue weighted by atomic mass is 9.92. The Kier molecular flexibility index (Phi) is 3.97. The Morgan fingerprint density at radius 2 is 1.06 bits per heavy atom. The first-order valence-electron chi connectivity index (χ1n) is 12.3. The second-order valence-electron chi connectivity index (χ2n) is 9.36. The van der Waals surface area contributed by atoms with Crippen molar-refractivity contribution in [2.75, 3.05) is 4.90 Å². The van der Waals surface area contributed by atoms with Crippen LogP contribution in [0.4, 0.5) is 17.1 Å². The van der Waals surface area contributed by atoms with E-state index in [0.717, 1.165) is 28.2 Å². The number of nitrogens with zero attached hydrogens (tertiary/aromatic N) is 1. The summed E-state index contributed by atoms with van der Waals surface area (Å²) in [5, 5.41) is 4.93. The Labute approximate surface area is 208 Å². The van der Waals surface area contributed by atoms with Crippen molar-refractivity contribution >= 4 is 49.8 Å². The van der Waals surface area contributed by atoms with Crippen molar-refractivity contribution in [1.29, 1.82) is 0 Å². The number of furan rings is 1. The molecule has 1 aliphatic rings. The summed E-state index contributed by atoms with van der Waals surface area (Å²) in [5.74, 6) is 0. The lowest BCUT2D eigenvalue weighted by Crippen LogP contribution is -2.09. The van der Waals surface area contributed by atoms with E-state index in [1.807, 2.05) is 0 Å². The minimum Gasteiger partial charge on any atom is -0.456 e. The molecule has 1 aromatic heterocycles. The highest BCUT2D eigenvalue weighted by Gasteiger charge is 2.24. The van der Waals surface area contributed by atoms with Crippen LogP contribution in [-0.2, 0) is 0 Å². The van der Waals surface area contributed by atoms with Gasteiger partial charge in [-0.1, -0.05) is 78.9 Å². The van der Waals surface area contributed by atoms with Crippen LogP contribution in [0.5, 0.6) is 0 Å².